The Labute approximate surface area is 214 Å². The normalized spacial score (nSPS) is 14.6. The Morgan fingerprint density at radius 1 is 1.14 bits per heavy atom. The first-order chi connectivity index (χ1) is 17.0. The quantitative estimate of drug-likeness (QED) is 0.236. The van der Waals surface area contributed by atoms with E-state index in [9.17, 15) is 9.59 Å². The van der Waals surface area contributed by atoms with E-state index in [-0.39, 0.29) is 11.5 Å². The first-order valence-electron chi connectivity index (χ1n) is 11.4. The highest BCUT2D eigenvalue weighted by molar-refractivity contribution is 9.10. The molecular weight excluding hydrogens is 528 g/mol. The van der Waals surface area contributed by atoms with Crippen molar-refractivity contribution in [1.82, 2.24) is 14.6 Å². The predicted molar refractivity (Wildman–Crippen MR) is 142 cm³/mol. The molecule has 1 amide bonds. The molecule has 7 nitrogen and oxygen atoms in total. The van der Waals surface area contributed by atoms with Crippen molar-refractivity contribution in [3.8, 4) is 17.1 Å². The molecule has 0 saturated carbocycles. The van der Waals surface area contributed by atoms with Gasteiger partial charge in [0.15, 0.2) is 5.82 Å². The maximum atomic E-state index is 13.3. The molecule has 0 saturated heterocycles. The third kappa shape index (κ3) is 4.30. The number of halogens is 1. The number of carbonyl (C=O) groups excluding carboxylic acids is 1. The molecule has 178 valence electrons. The number of thiazole rings is 1. The molecule has 0 bridgehead atoms. The van der Waals surface area contributed by atoms with Crippen molar-refractivity contribution in [1.29, 1.82) is 0 Å². The molecule has 9 heteroatoms. The number of carbonyl (C=O) groups is 1. The van der Waals surface area contributed by atoms with E-state index in [1.165, 1.54) is 15.9 Å². The Morgan fingerprint density at radius 3 is 2.66 bits per heavy atom. The molecule has 3 heterocycles. The summed E-state index contributed by atoms with van der Waals surface area (Å²) in [5.74, 6) is 1.02. The molecule has 2 aromatic carbocycles. The van der Waals surface area contributed by atoms with Crippen LogP contribution in [0, 0.1) is 0 Å². The summed E-state index contributed by atoms with van der Waals surface area (Å²) in [6.07, 6.45) is 4.99. The fourth-order valence-corrected chi connectivity index (χ4v) is 5.44. The monoisotopic (exact) mass is 550 g/mol. The molecule has 0 radical (unpaired) electrons. The number of nitrogens with zero attached hydrogens (tertiary/aromatic N) is 4. The van der Waals surface area contributed by atoms with Crippen LogP contribution in [0.1, 0.15) is 31.7 Å². The summed E-state index contributed by atoms with van der Waals surface area (Å²) in [5, 5.41) is 4.44. The van der Waals surface area contributed by atoms with E-state index in [0.717, 1.165) is 40.7 Å². The van der Waals surface area contributed by atoms with Gasteiger partial charge in [0.05, 0.1) is 17.9 Å². The molecule has 1 aliphatic heterocycles. The van der Waals surface area contributed by atoms with Gasteiger partial charge in [-0.25, -0.2) is 0 Å². The largest absolute Gasteiger partial charge is 0.494 e. The molecule has 0 unspecified atom stereocenters. The van der Waals surface area contributed by atoms with Gasteiger partial charge in [0.2, 0.25) is 4.96 Å². The summed E-state index contributed by atoms with van der Waals surface area (Å²) in [7, 11) is 0. The van der Waals surface area contributed by atoms with E-state index in [4.69, 9.17) is 4.74 Å². The fourth-order valence-electron chi connectivity index (χ4n) is 4.08. The third-order valence-corrected chi connectivity index (χ3v) is 7.33. The zero-order chi connectivity index (χ0) is 24.5. The molecule has 0 spiro atoms. The Hall–Kier alpha value is -3.30. The van der Waals surface area contributed by atoms with Gasteiger partial charge in [-0.05, 0) is 48.9 Å². The van der Waals surface area contributed by atoms with E-state index < -0.39 is 0 Å². The maximum Gasteiger partial charge on any atom is 0.291 e. The highest BCUT2D eigenvalue weighted by Gasteiger charge is 2.34. The van der Waals surface area contributed by atoms with Crippen LogP contribution in [0.2, 0.25) is 0 Å². The van der Waals surface area contributed by atoms with Crippen LogP contribution in [0.5, 0.6) is 5.75 Å². The minimum Gasteiger partial charge on any atom is -0.494 e. The van der Waals surface area contributed by atoms with Crippen LogP contribution >= 0.6 is 27.3 Å². The Balaban J connectivity index is 1.51. The van der Waals surface area contributed by atoms with Crippen LogP contribution in [0.3, 0.4) is 0 Å². The van der Waals surface area contributed by atoms with E-state index in [2.05, 4.69) is 39.5 Å². The predicted octanol–water partition coefficient (Wildman–Crippen LogP) is 4.60. The Morgan fingerprint density at radius 2 is 1.94 bits per heavy atom. The number of hydrogen-bond acceptors (Lipinski definition) is 6. The van der Waals surface area contributed by atoms with Crippen molar-refractivity contribution in [2.24, 2.45) is 0 Å². The molecule has 0 fully saturated rings. The lowest BCUT2D eigenvalue weighted by molar-refractivity contribution is -0.112. The van der Waals surface area contributed by atoms with Crippen LogP contribution in [0.15, 0.2) is 64.4 Å². The minimum absolute atomic E-state index is 0.227. The number of ether oxygens (including phenoxy) is 1. The van der Waals surface area contributed by atoms with Crippen LogP contribution < -0.4 is 19.7 Å². The molecule has 2 aromatic heterocycles. The molecule has 0 atom stereocenters. The Kier molecular flexibility index (Phi) is 6.53. The smallest absolute Gasteiger partial charge is 0.291 e. The van der Waals surface area contributed by atoms with Crippen LogP contribution in [0.4, 0.5) is 5.69 Å². The number of anilines is 1. The van der Waals surface area contributed by atoms with Gasteiger partial charge in [-0.3, -0.25) is 9.59 Å². The van der Waals surface area contributed by atoms with Gasteiger partial charge in [0.1, 0.15) is 10.3 Å². The van der Waals surface area contributed by atoms with Crippen molar-refractivity contribution in [3.63, 3.8) is 0 Å². The van der Waals surface area contributed by atoms with E-state index in [1.54, 1.807) is 11.0 Å². The number of amides is 1. The summed E-state index contributed by atoms with van der Waals surface area (Å²) in [4.78, 5) is 33.2. The van der Waals surface area contributed by atoms with Crippen molar-refractivity contribution < 1.29 is 9.53 Å². The molecule has 0 N–H and O–H groups in total. The van der Waals surface area contributed by atoms with Gasteiger partial charge < -0.3 is 9.64 Å². The molecule has 1 aliphatic rings. The maximum absolute atomic E-state index is 13.3. The summed E-state index contributed by atoms with van der Waals surface area (Å²) >= 11 is 4.65. The Bertz CT molecular complexity index is 1540. The number of aromatic nitrogens is 3. The second kappa shape index (κ2) is 9.75. The van der Waals surface area contributed by atoms with Gasteiger partial charge in [-0.2, -0.15) is 9.50 Å². The molecule has 0 aliphatic carbocycles. The van der Waals surface area contributed by atoms with Gasteiger partial charge in [-0.1, -0.05) is 53.1 Å². The van der Waals surface area contributed by atoms with Gasteiger partial charge in [0.25, 0.3) is 11.5 Å². The zero-order valence-electron chi connectivity index (χ0n) is 19.2. The average Bonchev–Trinajstić information content (AvgIpc) is 3.48. The summed E-state index contributed by atoms with van der Waals surface area (Å²) in [6.45, 7) is 6.96. The van der Waals surface area contributed by atoms with Crippen molar-refractivity contribution in [2.75, 3.05) is 18.1 Å². The molecule has 5 rings (SSSR count). The second-order valence-electron chi connectivity index (χ2n) is 8.19. The van der Waals surface area contributed by atoms with Crippen molar-refractivity contribution >= 4 is 49.4 Å². The van der Waals surface area contributed by atoms with Gasteiger partial charge >= 0.3 is 0 Å². The van der Waals surface area contributed by atoms with Crippen LogP contribution in [0.25, 0.3) is 21.9 Å². The summed E-state index contributed by atoms with van der Waals surface area (Å²) in [5.41, 5.74) is 2.27. The lowest BCUT2D eigenvalue weighted by atomic mass is 10.1. The standard InChI is InChI=1S/C26H23BrN4O3S/c1-3-5-6-14-34-18-10-7-16(8-11-18)23-28-26-31(29-23)25(33)22(35-26)21-19-15-17(27)9-12-20(19)30(13-4-2)24(21)32/h4,7-12,15H,2-3,5-6,13-14H2,1H3. The van der Waals surface area contributed by atoms with E-state index in [1.807, 2.05) is 42.5 Å². The van der Waals surface area contributed by atoms with E-state index >= 15 is 0 Å². The summed E-state index contributed by atoms with van der Waals surface area (Å²) < 4.78 is 8.20. The average molecular weight is 551 g/mol. The van der Waals surface area contributed by atoms with Crippen LogP contribution in [-0.4, -0.2) is 33.7 Å². The molecule has 4 aromatic rings. The third-order valence-electron chi connectivity index (χ3n) is 5.80. The number of fused-ring (bicyclic) bond motifs is 2. The fraction of sp³-hybridized carbons (Fsp3) is 0.231. The van der Waals surface area contributed by atoms with Gasteiger partial charge in [-0.15, -0.1) is 11.7 Å². The second-order valence-corrected chi connectivity index (χ2v) is 10.1. The minimum atomic E-state index is -0.352. The SMILES string of the molecule is C=CCN1C(=O)C(=c2sc3nc(-c4ccc(OCCCCC)cc4)nn3c2=O)c2cc(Br)ccc21. The zero-order valence-corrected chi connectivity index (χ0v) is 21.6. The topological polar surface area (TPSA) is 76.8 Å². The first-order valence-corrected chi connectivity index (χ1v) is 13.0. The number of unbranched alkanes of at least 4 members (excludes halogenated alkanes) is 2. The van der Waals surface area contributed by atoms with Gasteiger partial charge in [0, 0.05) is 22.1 Å². The number of hydrogen-bond donors (Lipinski definition) is 0. The number of rotatable bonds is 8. The lowest BCUT2D eigenvalue weighted by Crippen LogP contribution is -2.32. The van der Waals surface area contributed by atoms with Crippen molar-refractivity contribution in [3.05, 3.63) is 80.0 Å². The lowest BCUT2D eigenvalue weighted by Gasteiger charge is -2.14. The van der Waals surface area contributed by atoms with Crippen LogP contribution in [-0.2, 0) is 4.79 Å². The summed E-state index contributed by atoms with van der Waals surface area (Å²) in [6, 6.07) is 13.1. The number of benzene rings is 2. The van der Waals surface area contributed by atoms with Crippen molar-refractivity contribution in [2.45, 2.75) is 26.2 Å². The highest BCUT2D eigenvalue weighted by Crippen LogP contribution is 2.37. The van der Waals surface area contributed by atoms with E-state index in [0.29, 0.717) is 39.6 Å². The molecular formula is C26H23BrN4O3S. The molecule has 35 heavy (non-hydrogen) atoms. The highest BCUT2D eigenvalue weighted by atomic mass is 79.9. The first kappa shape index (κ1) is 23.4.